The van der Waals surface area contributed by atoms with Crippen LogP contribution < -0.4 is 11.1 Å². The predicted octanol–water partition coefficient (Wildman–Crippen LogP) is 1.54. The smallest absolute Gasteiger partial charge is 0.408 e. The number of piperazine rings is 1. The molecule has 4 aliphatic rings. The summed E-state index contributed by atoms with van der Waals surface area (Å²) in [5.74, 6) is -0.536. The fourth-order valence-electron chi connectivity index (χ4n) is 6.45. The van der Waals surface area contributed by atoms with Gasteiger partial charge in [-0.1, -0.05) is 12.1 Å². The topological polar surface area (TPSA) is 149 Å². The van der Waals surface area contributed by atoms with Crippen LogP contribution in [0.25, 0.3) is 0 Å². The normalized spacial score (nSPS) is 29.0. The van der Waals surface area contributed by atoms with Gasteiger partial charge in [-0.2, -0.15) is 5.26 Å². The van der Waals surface area contributed by atoms with Gasteiger partial charge in [-0.25, -0.2) is 4.79 Å². The molecule has 1 saturated carbocycles. The van der Waals surface area contributed by atoms with Gasteiger partial charge in [0.1, 0.15) is 17.7 Å². The van der Waals surface area contributed by atoms with Crippen LogP contribution in [0.5, 0.6) is 0 Å². The van der Waals surface area contributed by atoms with Crippen molar-refractivity contribution in [1.82, 2.24) is 20.0 Å². The molecule has 3 N–H and O–H groups in total. The molecule has 0 unspecified atom stereocenters. The molecule has 3 heterocycles. The third-order valence-corrected chi connectivity index (χ3v) is 8.30. The number of alkyl carbamates (subject to hydrolysis) is 1. The maximum absolute atomic E-state index is 13.7. The number of piperidine rings is 1. The van der Waals surface area contributed by atoms with Crippen LogP contribution in [0.3, 0.4) is 0 Å². The SMILES string of the molecule is C[C@H](c1cccc(C(N)=O)c1)N1C(=O)[C@H]2C[C@@H]1CN2C[C@H](NC(=O)OC(C)(C)C)C(=O)N1[C@H](C#N)C[C@@H]2C[C@@H]21. The number of hydrogen-bond donors (Lipinski definition) is 2. The maximum Gasteiger partial charge on any atom is 0.408 e. The van der Waals surface area contributed by atoms with Crippen molar-refractivity contribution in [2.45, 2.75) is 88.8 Å². The molecule has 39 heavy (non-hydrogen) atoms. The second-order valence-corrected chi connectivity index (χ2v) is 12.2. The van der Waals surface area contributed by atoms with Crippen LogP contribution in [0.15, 0.2) is 24.3 Å². The molecule has 208 valence electrons. The molecule has 3 saturated heterocycles. The van der Waals surface area contributed by atoms with Gasteiger partial charge in [0.15, 0.2) is 0 Å². The van der Waals surface area contributed by atoms with E-state index < -0.39 is 35.7 Å². The lowest BCUT2D eigenvalue weighted by atomic mass is 10.0. The Morgan fingerprint density at radius 1 is 1.23 bits per heavy atom. The highest BCUT2D eigenvalue weighted by atomic mass is 16.6. The first-order valence-electron chi connectivity index (χ1n) is 13.5. The highest BCUT2D eigenvalue weighted by Crippen LogP contribution is 2.48. The van der Waals surface area contributed by atoms with E-state index in [4.69, 9.17) is 10.5 Å². The number of benzene rings is 1. The van der Waals surface area contributed by atoms with Crippen molar-refractivity contribution in [3.05, 3.63) is 35.4 Å². The van der Waals surface area contributed by atoms with Gasteiger partial charge in [0, 0.05) is 30.7 Å². The van der Waals surface area contributed by atoms with Crippen molar-refractivity contribution < 1.29 is 23.9 Å². The molecule has 4 amide bonds. The van der Waals surface area contributed by atoms with E-state index in [9.17, 15) is 24.4 Å². The van der Waals surface area contributed by atoms with Crippen molar-refractivity contribution in [2.75, 3.05) is 13.1 Å². The van der Waals surface area contributed by atoms with Gasteiger partial charge in [-0.15, -0.1) is 0 Å². The third-order valence-electron chi connectivity index (χ3n) is 8.30. The Labute approximate surface area is 228 Å². The number of primary amides is 1. The van der Waals surface area contributed by atoms with Crippen molar-refractivity contribution in [1.29, 1.82) is 5.26 Å². The molecule has 1 aromatic rings. The molecule has 5 rings (SSSR count). The minimum Gasteiger partial charge on any atom is -0.444 e. The van der Waals surface area contributed by atoms with Crippen LogP contribution >= 0.6 is 0 Å². The number of nitrogens with one attached hydrogen (secondary N) is 1. The first-order chi connectivity index (χ1) is 18.4. The van der Waals surface area contributed by atoms with Crippen LogP contribution in [0.4, 0.5) is 4.79 Å². The highest BCUT2D eigenvalue weighted by molar-refractivity contribution is 5.93. The van der Waals surface area contributed by atoms with Gasteiger partial charge in [0.2, 0.25) is 17.7 Å². The van der Waals surface area contributed by atoms with Crippen molar-refractivity contribution in [3.63, 3.8) is 0 Å². The lowest BCUT2D eigenvalue weighted by Gasteiger charge is -2.39. The van der Waals surface area contributed by atoms with E-state index in [1.165, 1.54) is 0 Å². The molecule has 4 fully saturated rings. The standard InChI is InChI=1S/C28H36N6O5/c1-15(16-6-5-7-17(8-16)24(30)35)33-20-11-23(26(33)37)32(13-20)14-21(31-27(38)39-28(2,3)4)25(36)34-19(12-29)9-18-10-22(18)34/h5-8,15,18-23H,9-11,13-14H2,1-4H3,(H2,30,35)(H,31,38)/t15-,18-,19+,20-,21+,22+,23-/m1/s1. The van der Waals surface area contributed by atoms with Crippen LogP contribution in [0.2, 0.25) is 0 Å². The van der Waals surface area contributed by atoms with E-state index in [2.05, 4.69) is 11.4 Å². The Bertz CT molecular complexity index is 1240. The summed E-state index contributed by atoms with van der Waals surface area (Å²) in [6, 6.07) is 7.07. The third kappa shape index (κ3) is 5.17. The van der Waals surface area contributed by atoms with Gasteiger partial charge in [0.25, 0.3) is 0 Å². The zero-order chi connectivity index (χ0) is 28.2. The van der Waals surface area contributed by atoms with Crippen LogP contribution in [0, 0.1) is 17.2 Å². The molecule has 1 aromatic carbocycles. The second-order valence-electron chi connectivity index (χ2n) is 12.2. The summed E-state index contributed by atoms with van der Waals surface area (Å²) in [5.41, 5.74) is 5.92. The Morgan fingerprint density at radius 3 is 2.62 bits per heavy atom. The molecule has 3 aliphatic heterocycles. The summed E-state index contributed by atoms with van der Waals surface area (Å²) in [6.45, 7) is 7.87. The summed E-state index contributed by atoms with van der Waals surface area (Å²) >= 11 is 0. The summed E-state index contributed by atoms with van der Waals surface area (Å²) < 4.78 is 5.43. The molecular weight excluding hydrogens is 500 g/mol. The van der Waals surface area contributed by atoms with Gasteiger partial charge < -0.3 is 25.6 Å². The Morgan fingerprint density at radius 2 is 1.97 bits per heavy atom. The largest absolute Gasteiger partial charge is 0.444 e. The van der Waals surface area contributed by atoms with Crippen molar-refractivity contribution in [3.8, 4) is 6.07 Å². The van der Waals surface area contributed by atoms with Crippen molar-refractivity contribution in [2.24, 2.45) is 11.7 Å². The number of carbonyl (C=O) groups excluding carboxylic acids is 4. The first-order valence-corrected chi connectivity index (χ1v) is 13.5. The number of nitrogens with zero attached hydrogens (tertiary/aromatic N) is 4. The summed E-state index contributed by atoms with van der Waals surface area (Å²) in [5, 5.41) is 12.4. The number of rotatable bonds is 7. The minimum atomic E-state index is -0.944. The van der Waals surface area contributed by atoms with Crippen LogP contribution in [-0.4, -0.2) is 87.4 Å². The molecule has 1 aliphatic carbocycles. The Balaban J connectivity index is 1.31. The van der Waals surface area contributed by atoms with Gasteiger partial charge >= 0.3 is 6.09 Å². The molecule has 2 bridgehead atoms. The van der Waals surface area contributed by atoms with Gasteiger partial charge in [0.05, 0.1) is 18.2 Å². The van der Waals surface area contributed by atoms with Gasteiger partial charge in [-0.05, 0) is 70.6 Å². The van der Waals surface area contributed by atoms with Crippen LogP contribution in [0.1, 0.15) is 68.9 Å². The van der Waals surface area contributed by atoms with Crippen molar-refractivity contribution >= 4 is 23.8 Å². The van der Waals surface area contributed by atoms with Crippen LogP contribution in [-0.2, 0) is 14.3 Å². The highest BCUT2D eigenvalue weighted by Gasteiger charge is 2.56. The molecule has 0 spiro atoms. The van der Waals surface area contributed by atoms with Gasteiger partial charge in [-0.3, -0.25) is 19.3 Å². The molecule has 0 radical (unpaired) electrons. The second kappa shape index (κ2) is 9.83. The number of nitrogens with two attached hydrogens (primary N) is 1. The van der Waals surface area contributed by atoms with E-state index in [0.29, 0.717) is 30.9 Å². The summed E-state index contributed by atoms with van der Waals surface area (Å²) in [7, 11) is 0. The predicted molar refractivity (Wildman–Crippen MR) is 140 cm³/mol. The monoisotopic (exact) mass is 536 g/mol. The molecule has 0 aromatic heterocycles. The first kappa shape index (κ1) is 26.9. The number of likely N-dealkylation sites (tertiary alicyclic amines) is 3. The van der Waals surface area contributed by atoms with E-state index in [1.54, 1.807) is 43.9 Å². The van der Waals surface area contributed by atoms with E-state index in [-0.39, 0.29) is 36.5 Å². The van der Waals surface area contributed by atoms with E-state index >= 15 is 0 Å². The quantitative estimate of drug-likeness (QED) is 0.537. The molecule has 11 heteroatoms. The number of ether oxygens (including phenoxy) is 1. The average Bonchev–Trinajstić information content (AvgIpc) is 3.18. The average molecular weight is 537 g/mol. The number of hydrogen-bond acceptors (Lipinski definition) is 7. The summed E-state index contributed by atoms with van der Waals surface area (Å²) in [6.07, 6.45) is 1.44. The number of fused-ring (bicyclic) bond motifs is 3. The molecular formula is C28H36N6O5. The Hall–Kier alpha value is -3.65. The maximum atomic E-state index is 13.7. The van der Waals surface area contributed by atoms with E-state index in [1.807, 2.05) is 22.8 Å². The molecule has 11 nitrogen and oxygen atoms in total. The van der Waals surface area contributed by atoms with E-state index in [0.717, 1.165) is 12.0 Å². The zero-order valence-corrected chi connectivity index (χ0v) is 22.8. The number of carbonyl (C=O) groups is 4. The number of nitriles is 1. The lowest BCUT2D eigenvalue weighted by Crippen LogP contribution is -2.59. The zero-order valence-electron chi connectivity index (χ0n) is 22.8. The minimum absolute atomic E-state index is 0.0363. The lowest BCUT2D eigenvalue weighted by molar-refractivity contribution is -0.141. The number of amides is 4. The Kier molecular flexibility index (Phi) is 6.79. The molecule has 7 atom stereocenters. The summed E-state index contributed by atoms with van der Waals surface area (Å²) in [4.78, 5) is 57.0. The fourth-order valence-corrected chi connectivity index (χ4v) is 6.45. The fraction of sp³-hybridized carbons (Fsp3) is 0.607.